The number of nitrogens with zero attached hydrogens (tertiary/aromatic N) is 3. The minimum atomic E-state index is -1.06. The predicted octanol–water partition coefficient (Wildman–Crippen LogP) is 0.196. The zero-order chi connectivity index (χ0) is 12.3. The molecule has 1 heterocycles. The van der Waals surface area contributed by atoms with Crippen LogP contribution >= 0.6 is 0 Å². The van der Waals surface area contributed by atoms with Crippen LogP contribution in [0.2, 0.25) is 0 Å². The third-order valence-corrected chi connectivity index (χ3v) is 2.37. The summed E-state index contributed by atoms with van der Waals surface area (Å²) < 4.78 is 1.56. The van der Waals surface area contributed by atoms with Gasteiger partial charge in [-0.2, -0.15) is 5.10 Å². The summed E-state index contributed by atoms with van der Waals surface area (Å²) in [6, 6.07) is -0.971. The summed E-state index contributed by atoms with van der Waals surface area (Å²) in [7, 11) is 3.17. The summed E-state index contributed by atoms with van der Waals surface area (Å²) >= 11 is 0. The first-order valence-corrected chi connectivity index (χ1v) is 4.93. The van der Waals surface area contributed by atoms with E-state index in [1.807, 2.05) is 6.92 Å². The van der Waals surface area contributed by atoms with E-state index in [9.17, 15) is 9.59 Å². The van der Waals surface area contributed by atoms with E-state index in [0.29, 0.717) is 24.1 Å². The van der Waals surface area contributed by atoms with Gasteiger partial charge in [-0.05, 0) is 6.42 Å². The highest BCUT2D eigenvalue weighted by molar-refractivity contribution is 5.78. The molecule has 0 spiro atoms. The molecule has 0 aliphatic carbocycles. The first-order chi connectivity index (χ1) is 7.51. The van der Waals surface area contributed by atoms with Crippen LogP contribution in [0.4, 0.5) is 0 Å². The van der Waals surface area contributed by atoms with E-state index in [1.54, 1.807) is 17.9 Å². The number of hydrogen-bond acceptors (Lipinski definition) is 3. The summed E-state index contributed by atoms with van der Waals surface area (Å²) in [4.78, 5) is 22.9. The van der Waals surface area contributed by atoms with Crippen LogP contribution in [0.15, 0.2) is 6.20 Å². The molecular formula is C10H15N3O3. The molecule has 0 saturated carbocycles. The van der Waals surface area contributed by atoms with Crippen LogP contribution in [0.5, 0.6) is 0 Å². The molecule has 0 aliphatic heterocycles. The normalized spacial score (nSPS) is 12.2. The van der Waals surface area contributed by atoms with Crippen LogP contribution in [0.3, 0.4) is 0 Å². The first kappa shape index (κ1) is 12.2. The molecule has 1 rings (SSSR count). The van der Waals surface area contributed by atoms with Gasteiger partial charge < -0.3 is 10.0 Å². The van der Waals surface area contributed by atoms with Crippen molar-refractivity contribution >= 4 is 12.4 Å². The zero-order valence-electron chi connectivity index (χ0n) is 9.54. The summed E-state index contributed by atoms with van der Waals surface area (Å²) in [5, 5.41) is 13.3. The molecule has 0 bridgehead atoms. The molecule has 0 radical (unpaired) electrons. The van der Waals surface area contributed by atoms with Crippen molar-refractivity contribution in [1.82, 2.24) is 14.7 Å². The minimum absolute atomic E-state index is 0.505. The van der Waals surface area contributed by atoms with Crippen LogP contribution in [-0.4, -0.2) is 39.2 Å². The number of likely N-dealkylation sites (N-methyl/N-ethyl adjacent to an activating group) is 1. The fourth-order valence-electron chi connectivity index (χ4n) is 1.64. The average Bonchev–Trinajstić information content (AvgIpc) is 2.58. The summed E-state index contributed by atoms with van der Waals surface area (Å²) in [6.45, 7) is 1.89. The highest BCUT2D eigenvalue weighted by Gasteiger charge is 2.27. The van der Waals surface area contributed by atoms with Gasteiger partial charge in [-0.1, -0.05) is 6.92 Å². The largest absolute Gasteiger partial charge is 0.479 e. The second-order valence-corrected chi connectivity index (χ2v) is 3.57. The van der Waals surface area contributed by atoms with E-state index in [2.05, 4.69) is 5.10 Å². The van der Waals surface area contributed by atoms with Gasteiger partial charge in [-0.3, -0.25) is 9.48 Å². The zero-order valence-corrected chi connectivity index (χ0v) is 9.54. The molecule has 0 aliphatic rings. The smallest absolute Gasteiger partial charge is 0.331 e. The number of amides is 1. The van der Waals surface area contributed by atoms with Crippen LogP contribution in [0, 0.1) is 0 Å². The standard InChI is InChI=1S/C10H15N3O3/c1-4-8-7(5-13(3)11-8)9(10(15)16)12(2)6-14/h5-6,9H,4H2,1-3H3,(H,15,16). The van der Waals surface area contributed by atoms with Crippen molar-refractivity contribution in [1.29, 1.82) is 0 Å². The van der Waals surface area contributed by atoms with E-state index >= 15 is 0 Å². The third kappa shape index (κ3) is 2.21. The number of carboxylic acids is 1. The molecule has 88 valence electrons. The monoisotopic (exact) mass is 225 g/mol. The molecule has 1 N–H and O–H groups in total. The SMILES string of the molecule is CCc1nn(C)cc1C(C(=O)O)N(C)C=O. The third-order valence-electron chi connectivity index (χ3n) is 2.37. The Morgan fingerprint density at radius 3 is 2.81 bits per heavy atom. The van der Waals surface area contributed by atoms with Crippen molar-refractivity contribution in [3.05, 3.63) is 17.5 Å². The Kier molecular flexibility index (Phi) is 3.65. The molecule has 16 heavy (non-hydrogen) atoms. The number of hydrogen-bond donors (Lipinski definition) is 1. The van der Waals surface area contributed by atoms with E-state index < -0.39 is 12.0 Å². The molecule has 6 nitrogen and oxygen atoms in total. The lowest BCUT2D eigenvalue weighted by molar-refractivity contribution is -0.145. The highest BCUT2D eigenvalue weighted by atomic mass is 16.4. The number of aromatic nitrogens is 2. The van der Waals surface area contributed by atoms with Crippen molar-refractivity contribution in [2.75, 3.05) is 7.05 Å². The maximum Gasteiger partial charge on any atom is 0.331 e. The van der Waals surface area contributed by atoms with Gasteiger partial charge in [0, 0.05) is 25.9 Å². The Balaban J connectivity index is 3.19. The van der Waals surface area contributed by atoms with E-state index in [-0.39, 0.29) is 0 Å². The number of aliphatic carboxylic acids is 1. The Morgan fingerprint density at radius 2 is 2.38 bits per heavy atom. The van der Waals surface area contributed by atoms with E-state index in [4.69, 9.17) is 5.11 Å². The lowest BCUT2D eigenvalue weighted by Crippen LogP contribution is -2.30. The van der Waals surface area contributed by atoms with Crippen molar-refractivity contribution in [3.63, 3.8) is 0 Å². The molecular weight excluding hydrogens is 210 g/mol. The fraction of sp³-hybridized carbons (Fsp3) is 0.500. The van der Waals surface area contributed by atoms with Crippen molar-refractivity contribution in [2.45, 2.75) is 19.4 Å². The summed E-state index contributed by atoms with van der Waals surface area (Å²) in [5.41, 5.74) is 1.26. The van der Waals surface area contributed by atoms with E-state index in [1.165, 1.54) is 7.05 Å². The number of carbonyl (C=O) groups excluding carboxylic acids is 1. The minimum Gasteiger partial charge on any atom is -0.479 e. The number of carbonyl (C=O) groups is 2. The van der Waals surface area contributed by atoms with Gasteiger partial charge in [0.25, 0.3) is 0 Å². The number of rotatable bonds is 5. The highest BCUT2D eigenvalue weighted by Crippen LogP contribution is 2.22. The van der Waals surface area contributed by atoms with Crippen LogP contribution in [0.25, 0.3) is 0 Å². The van der Waals surface area contributed by atoms with Gasteiger partial charge in [0.15, 0.2) is 6.04 Å². The summed E-state index contributed by atoms with van der Waals surface area (Å²) in [6.07, 6.45) is 2.77. The Bertz CT molecular complexity index is 400. The molecule has 1 amide bonds. The second-order valence-electron chi connectivity index (χ2n) is 3.57. The van der Waals surface area contributed by atoms with Crippen molar-refractivity contribution in [2.24, 2.45) is 7.05 Å². The van der Waals surface area contributed by atoms with Crippen LogP contribution in [0.1, 0.15) is 24.2 Å². The van der Waals surface area contributed by atoms with Crippen LogP contribution in [-0.2, 0) is 23.1 Å². The van der Waals surface area contributed by atoms with Gasteiger partial charge in [-0.15, -0.1) is 0 Å². The van der Waals surface area contributed by atoms with E-state index in [0.717, 1.165) is 4.90 Å². The van der Waals surface area contributed by atoms with Gasteiger partial charge >= 0.3 is 5.97 Å². The Hall–Kier alpha value is -1.85. The Labute approximate surface area is 93.5 Å². The van der Waals surface area contributed by atoms with Gasteiger partial charge in [0.1, 0.15) is 0 Å². The quantitative estimate of drug-likeness (QED) is 0.726. The fourth-order valence-corrected chi connectivity index (χ4v) is 1.64. The number of carboxylic acid groups (broad SMARTS) is 1. The molecule has 0 fully saturated rings. The summed E-state index contributed by atoms with van der Waals surface area (Å²) in [5.74, 6) is -1.06. The van der Waals surface area contributed by atoms with Crippen molar-refractivity contribution < 1.29 is 14.7 Å². The van der Waals surface area contributed by atoms with Gasteiger partial charge in [-0.25, -0.2) is 4.79 Å². The molecule has 6 heteroatoms. The molecule has 1 unspecified atom stereocenters. The maximum absolute atomic E-state index is 11.1. The lowest BCUT2D eigenvalue weighted by atomic mass is 10.1. The molecule has 0 aromatic carbocycles. The molecule has 1 aromatic heterocycles. The lowest BCUT2D eigenvalue weighted by Gasteiger charge is -2.20. The predicted molar refractivity (Wildman–Crippen MR) is 56.8 cm³/mol. The maximum atomic E-state index is 11.1. The van der Waals surface area contributed by atoms with Gasteiger partial charge in [0.2, 0.25) is 6.41 Å². The molecule has 1 aromatic rings. The Morgan fingerprint density at radius 1 is 1.75 bits per heavy atom. The number of aryl methyl sites for hydroxylation is 2. The van der Waals surface area contributed by atoms with Crippen molar-refractivity contribution in [3.8, 4) is 0 Å². The molecule has 1 atom stereocenters. The topological polar surface area (TPSA) is 75.4 Å². The average molecular weight is 225 g/mol. The molecule has 0 saturated heterocycles. The second kappa shape index (κ2) is 4.78. The first-order valence-electron chi connectivity index (χ1n) is 4.93. The van der Waals surface area contributed by atoms with Gasteiger partial charge in [0.05, 0.1) is 5.69 Å². The van der Waals surface area contributed by atoms with Crippen LogP contribution < -0.4 is 0 Å².